The van der Waals surface area contributed by atoms with Gasteiger partial charge in [0.2, 0.25) is 0 Å². The van der Waals surface area contributed by atoms with Crippen LogP contribution in [0, 0.1) is 11.6 Å². The molecule has 0 unspecified atom stereocenters. The highest BCUT2D eigenvalue weighted by molar-refractivity contribution is 5.36. The zero-order chi connectivity index (χ0) is 14.6. The number of benzene rings is 2. The van der Waals surface area contributed by atoms with Gasteiger partial charge in [0.15, 0.2) is 0 Å². The van der Waals surface area contributed by atoms with E-state index in [1.54, 1.807) is 0 Å². The van der Waals surface area contributed by atoms with Crippen LogP contribution < -0.4 is 0 Å². The van der Waals surface area contributed by atoms with Crippen molar-refractivity contribution >= 4 is 0 Å². The predicted octanol–water partition coefficient (Wildman–Crippen LogP) is 2.97. The van der Waals surface area contributed by atoms with Crippen molar-refractivity contribution in [3.63, 3.8) is 0 Å². The average molecular weight is 278 g/mol. The quantitative estimate of drug-likeness (QED) is 0.882. The Bertz CT molecular complexity index is 504. The van der Waals surface area contributed by atoms with E-state index in [0.29, 0.717) is 17.5 Å². The van der Waals surface area contributed by atoms with Gasteiger partial charge in [-0.2, -0.15) is 0 Å². The average Bonchev–Trinajstić information content (AvgIpc) is 2.46. The largest absolute Gasteiger partial charge is 0.396 e. The van der Waals surface area contributed by atoms with Crippen LogP contribution in [0.25, 0.3) is 0 Å². The maximum absolute atomic E-state index is 13.0. The van der Waals surface area contributed by atoms with E-state index in [1.165, 1.54) is 48.5 Å². The first kappa shape index (κ1) is 14.6. The first-order valence-electron chi connectivity index (χ1n) is 6.41. The van der Waals surface area contributed by atoms with E-state index in [1.807, 2.05) is 0 Å². The van der Waals surface area contributed by atoms with Gasteiger partial charge in [0.1, 0.15) is 17.2 Å². The second kappa shape index (κ2) is 6.11. The molecule has 0 saturated carbocycles. The Kier molecular flexibility index (Phi) is 4.47. The third kappa shape index (κ3) is 3.03. The Morgan fingerprint density at radius 1 is 0.800 bits per heavy atom. The molecular formula is C16H16F2O2. The molecule has 2 aromatic rings. The molecule has 0 aromatic heterocycles. The van der Waals surface area contributed by atoms with Crippen molar-refractivity contribution in [1.82, 2.24) is 0 Å². The molecule has 0 amide bonds. The van der Waals surface area contributed by atoms with Crippen molar-refractivity contribution in [1.29, 1.82) is 0 Å². The van der Waals surface area contributed by atoms with Crippen molar-refractivity contribution in [3.05, 3.63) is 71.3 Å². The fourth-order valence-electron chi connectivity index (χ4n) is 2.24. The molecule has 0 fully saturated rings. The molecule has 2 rings (SSSR count). The molecule has 20 heavy (non-hydrogen) atoms. The second-order valence-electron chi connectivity index (χ2n) is 4.70. The molecule has 0 heterocycles. The molecule has 0 spiro atoms. The SMILES string of the molecule is OCCCC(O)(c1ccc(F)cc1)c1ccc(F)cc1. The van der Waals surface area contributed by atoms with E-state index in [0.717, 1.165) is 0 Å². The van der Waals surface area contributed by atoms with Crippen LogP contribution in [0.15, 0.2) is 48.5 Å². The van der Waals surface area contributed by atoms with Gasteiger partial charge in [-0.3, -0.25) is 0 Å². The van der Waals surface area contributed by atoms with Crippen molar-refractivity contribution in [3.8, 4) is 0 Å². The summed E-state index contributed by atoms with van der Waals surface area (Å²) in [5.41, 5.74) is -0.345. The molecule has 2 nitrogen and oxygen atoms in total. The Morgan fingerprint density at radius 3 is 1.55 bits per heavy atom. The molecule has 0 aliphatic carbocycles. The molecule has 0 aliphatic heterocycles. The molecule has 2 aromatic carbocycles. The lowest BCUT2D eigenvalue weighted by molar-refractivity contribution is 0.0624. The molecule has 0 aliphatic rings. The van der Waals surface area contributed by atoms with Crippen molar-refractivity contribution in [2.24, 2.45) is 0 Å². The molecule has 0 atom stereocenters. The van der Waals surface area contributed by atoms with Crippen molar-refractivity contribution < 1.29 is 19.0 Å². The minimum atomic E-state index is -1.37. The third-order valence-corrected chi connectivity index (χ3v) is 3.34. The molecule has 0 saturated heterocycles. The maximum Gasteiger partial charge on any atom is 0.123 e. The fraction of sp³-hybridized carbons (Fsp3) is 0.250. The monoisotopic (exact) mass is 278 g/mol. The molecule has 4 heteroatoms. The second-order valence-corrected chi connectivity index (χ2v) is 4.70. The van der Waals surface area contributed by atoms with Crippen LogP contribution in [0.2, 0.25) is 0 Å². The summed E-state index contributed by atoms with van der Waals surface area (Å²) in [6.07, 6.45) is 0.645. The molecule has 2 N–H and O–H groups in total. The lowest BCUT2D eigenvalue weighted by Gasteiger charge is -2.29. The zero-order valence-corrected chi connectivity index (χ0v) is 10.9. The fourth-order valence-corrected chi connectivity index (χ4v) is 2.24. The lowest BCUT2D eigenvalue weighted by Crippen LogP contribution is -2.27. The number of rotatable bonds is 5. The van der Waals surface area contributed by atoms with Gasteiger partial charge < -0.3 is 10.2 Å². The number of hydrogen-bond donors (Lipinski definition) is 2. The molecule has 0 bridgehead atoms. The highest BCUT2D eigenvalue weighted by Crippen LogP contribution is 2.34. The maximum atomic E-state index is 13.0. The Balaban J connectivity index is 2.43. The summed E-state index contributed by atoms with van der Waals surface area (Å²) in [6.45, 7) is -0.0648. The first-order chi connectivity index (χ1) is 9.56. The van der Waals surface area contributed by atoms with Crippen molar-refractivity contribution in [2.75, 3.05) is 6.61 Å². The predicted molar refractivity (Wildman–Crippen MR) is 72.1 cm³/mol. The van der Waals surface area contributed by atoms with Crippen LogP contribution >= 0.6 is 0 Å². The van der Waals surface area contributed by atoms with E-state index in [4.69, 9.17) is 5.11 Å². The van der Waals surface area contributed by atoms with Crippen LogP contribution in [0.4, 0.5) is 8.78 Å². The zero-order valence-electron chi connectivity index (χ0n) is 10.9. The molecule has 106 valence electrons. The number of aliphatic hydroxyl groups excluding tert-OH is 1. The molecule has 0 radical (unpaired) electrons. The normalized spacial score (nSPS) is 11.6. The molecular weight excluding hydrogens is 262 g/mol. The van der Waals surface area contributed by atoms with Gasteiger partial charge in [0, 0.05) is 6.61 Å². The van der Waals surface area contributed by atoms with Gasteiger partial charge in [-0.25, -0.2) is 8.78 Å². The topological polar surface area (TPSA) is 40.5 Å². The number of halogens is 2. The van der Waals surface area contributed by atoms with E-state index in [2.05, 4.69) is 0 Å². The lowest BCUT2D eigenvalue weighted by atomic mass is 9.82. The van der Waals surface area contributed by atoms with Gasteiger partial charge >= 0.3 is 0 Å². The Morgan fingerprint density at radius 2 is 1.20 bits per heavy atom. The van der Waals surface area contributed by atoms with Gasteiger partial charge in [0.25, 0.3) is 0 Å². The third-order valence-electron chi connectivity index (χ3n) is 3.34. The summed E-state index contributed by atoms with van der Waals surface area (Å²) >= 11 is 0. The van der Waals surface area contributed by atoms with Gasteiger partial charge in [-0.15, -0.1) is 0 Å². The smallest absolute Gasteiger partial charge is 0.123 e. The summed E-state index contributed by atoms with van der Waals surface area (Å²) in [5, 5.41) is 19.9. The van der Waals surface area contributed by atoms with E-state index in [9.17, 15) is 13.9 Å². The standard InChI is InChI=1S/C16H16F2O2/c17-14-6-2-12(3-7-14)16(20,10-1-11-19)13-4-8-15(18)9-5-13/h2-9,19-20H,1,10-11H2. The van der Waals surface area contributed by atoms with Crippen LogP contribution in [0.1, 0.15) is 24.0 Å². The minimum Gasteiger partial charge on any atom is -0.396 e. The van der Waals surface area contributed by atoms with E-state index >= 15 is 0 Å². The Hall–Kier alpha value is -1.78. The highest BCUT2D eigenvalue weighted by Gasteiger charge is 2.31. The highest BCUT2D eigenvalue weighted by atomic mass is 19.1. The van der Waals surface area contributed by atoms with E-state index in [-0.39, 0.29) is 13.0 Å². The van der Waals surface area contributed by atoms with Gasteiger partial charge in [0.05, 0.1) is 0 Å². The van der Waals surface area contributed by atoms with Gasteiger partial charge in [-0.05, 0) is 48.2 Å². The first-order valence-corrected chi connectivity index (χ1v) is 6.41. The summed E-state index contributed by atoms with van der Waals surface area (Å²) in [5.74, 6) is -0.783. The van der Waals surface area contributed by atoms with Gasteiger partial charge in [-0.1, -0.05) is 24.3 Å². The summed E-state index contributed by atoms with van der Waals surface area (Å²) < 4.78 is 26.0. The van der Waals surface area contributed by atoms with Crippen LogP contribution in [0.5, 0.6) is 0 Å². The summed E-state index contributed by atoms with van der Waals surface area (Å²) in [6, 6.07) is 11.1. The number of aliphatic hydroxyl groups is 2. The number of hydrogen-bond acceptors (Lipinski definition) is 2. The van der Waals surface area contributed by atoms with Crippen molar-refractivity contribution in [2.45, 2.75) is 18.4 Å². The van der Waals surface area contributed by atoms with Crippen LogP contribution in [0.3, 0.4) is 0 Å². The van der Waals surface area contributed by atoms with Crippen LogP contribution in [-0.2, 0) is 5.60 Å². The van der Waals surface area contributed by atoms with Crippen LogP contribution in [-0.4, -0.2) is 16.8 Å². The summed E-state index contributed by atoms with van der Waals surface area (Å²) in [7, 11) is 0. The van der Waals surface area contributed by atoms with E-state index < -0.39 is 17.2 Å². The Labute approximate surface area is 116 Å². The minimum absolute atomic E-state index is 0.0648. The summed E-state index contributed by atoms with van der Waals surface area (Å²) in [4.78, 5) is 0.